The third-order valence-corrected chi connectivity index (χ3v) is 12.6. The maximum atomic E-state index is 12.5. The predicted octanol–water partition coefficient (Wildman–Crippen LogP) is 15.2. The van der Waals surface area contributed by atoms with Gasteiger partial charge < -0.3 is 25.7 Å². The summed E-state index contributed by atoms with van der Waals surface area (Å²) >= 11 is 0. The first-order valence-electron chi connectivity index (χ1n) is 26.9. The van der Waals surface area contributed by atoms with Crippen molar-refractivity contribution in [2.75, 3.05) is 6.61 Å². The van der Waals surface area contributed by atoms with E-state index < -0.39 is 36.9 Å². The van der Waals surface area contributed by atoms with Crippen LogP contribution in [-0.4, -0.2) is 57.3 Å². The standard InChI is InChI=1S/C55H105NO5/c1-3-5-7-9-11-13-15-17-19-20-21-22-23-24-25-26-27-28-29-30-31-32-33-34-35-37-38-40-42-44-46-48-52(58)54(60)51(50-57)56-55(61)53(59)49-47-45-43-41-39-36-18-16-14-12-10-8-6-4-2/h14,16,34-35,40,42,51-54,57-60H,3-13,15,17-33,36-39,41,43-50H2,1-2H3,(H,56,61)/b16-14-,35-34+,42-40+. The lowest BCUT2D eigenvalue weighted by Crippen LogP contribution is -2.53. The lowest BCUT2D eigenvalue weighted by molar-refractivity contribution is -0.132. The van der Waals surface area contributed by atoms with E-state index in [1.54, 1.807) is 0 Å². The molecule has 0 spiro atoms. The third kappa shape index (κ3) is 43.6. The van der Waals surface area contributed by atoms with E-state index in [1.807, 2.05) is 0 Å². The number of nitrogens with one attached hydrogen (secondary N) is 1. The Balaban J connectivity index is 3.65. The molecule has 0 saturated carbocycles. The van der Waals surface area contributed by atoms with Crippen LogP contribution in [0, 0.1) is 0 Å². The smallest absolute Gasteiger partial charge is 0.249 e. The normalized spacial score (nSPS) is 14.1. The molecule has 0 heterocycles. The molecule has 0 aliphatic carbocycles. The number of rotatable bonds is 49. The maximum absolute atomic E-state index is 12.5. The van der Waals surface area contributed by atoms with E-state index >= 15 is 0 Å². The summed E-state index contributed by atoms with van der Waals surface area (Å²) in [4.78, 5) is 12.5. The first-order chi connectivity index (χ1) is 30.0. The van der Waals surface area contributed by atoms with Crippen LogP contribution in [-0.2, 0) is 4.79 Å². The fourth-order valence-corrected chi connectivity index (χ4v) is 8.30. The zero-order chi connectivity index (χ0) is 44.5. The molecule has 0 aliphatic rings. The molecule has 4 atom stereocenters. The molecule has 4 unspecified atom stereocenters. The van der Waals surface area contributed by atoms with Crippen LogP contribution in [0.3, 0.4) is 0 Å². The van der Waals surface area contributed by atoms with Gasteiger partial charge in [0, 0.05) is 0 Å². The first-order valence-corrected chi connectivity index (χ1v) is 26.9. The van der Waals surface area contributed by atoms with Gasteiger partial charge >= 0.3 is 0 Å². The predicted molar refractivity (Wildman–Crippen MR) is 265 cm³/mol. The van der Waals surface area contributed by atoms with Crippen LogP contribution in [0.5, 0.6) is 0 Å². The van der Waals surface area contributed by atoms with E-state index in [2.05, 4.69) is 55.6 Å². The van der Waals surface area contributed by atoms with E-state index in [4.69, 9.17) is 0 Å². The highest BCUT2D eigenvalue weighted by Crippen LogP contribution is 2.17. The second-order valence-corrected chi connectivity index (χ2v) is 18.6. The van der Waals surface area contributed by atoms with Crippen LogP contribution in [0.1, 0.15) is 277 Å². The Bertz CT molecular complexity index is 966. The molecule has 5 N–H and O–H groups in total. The minimum absolute atomic E-state index is 0.352. The Kier molecular flexibility index (Phi) is 48.3. The van der Waals surface area contributed by atoms with E-state index in [0.29, 0.717) is 19.3 Å². The minimum Gasteiger partial charge on any atom is -0.394 e. The number of hydrogen-bond donors (Lipinski definition) is 5. The number of carbonyl (C=O) groups is 1. The van der Waals surface area contributed by atoms with Gasteiger partial charge in [-0.2, -0.15) is 0 Å². The molecule has 6 nitrogen and oxygen atoms in total. The number of carbonyl (C=O) groups excluding carboxylic acids is 1. The molecule has 6 heteroatoms. The summed E-state index contributed by atoms with van der Waals surface area (Å²) in [7, 11) is 0. The molecule has 0 aromatic heterocycles. The van der Waals surface area contributed by atoms with Gasteiger partial charge in [-0.3, -0.25) is 4.79 Å². The molecule has 0 radical (unpaired) electrons. The van der Waals surface area contributed by atoms with E-state index in [9.17, 15) is 25.2 Å². The molecule has 0 saturated heterocycles. The molecule has 1 amide bonds. The van der Waals surface area contributed by atoms with Gasteiger partial charge in [-0.25, -0.2) is 0 Å². The fraction of sp³-hybridized carbons (Fsp3) is 0.873. The fourth-order valence-electron chi connectivity index (χ4n) is 8.30. The number of allylic oxidation sites excluding steroid dienone is 6. The Morgan fingerprint density at radius 2 is 0.689 bits per heavy atom. The van der Waals surface area contributed by atoms with E-state index in [0.717, 1.165) is 51.4 Å². The van der Waals surface area contributed by atoms with Crippen molar-refractivity contribution >= 4 is 5.91 Å². The number of aliphatic hydroxyl groups is 4. The summed E-state index contributed by atoms with van der Waals surface area (Å²) in [5, 5.41) is 43.8. The van der Waals surface area contributed by atoms with Gasteiger partial charge in [-0.1, -0.05) is 237 Å². The van der Waals surface area contributed by atoms with Crippen LogP contribution >= 0.6 is 0 Å². The highest BCUT2D eigenvalue weighted by Gasteiger charge is 2.28. The van der Waals surface area contributed by atoms with Crippen molar-refractivity contribution < 1.29 is 25.2 Å². The van der Waals surface area contributed by atoms with Crippen LogP contribution < -0.4 is 5.32 Å². The highest BCUT2D eigenvalue weighted by molar-refractivity contribution is 5.80. The molecular formula is C55H105NO5. The number of unbranched alkanes of at least 4 members (excludes halogenated alkanes) is 34. The summed E-state index contributed by atoms with van der Waals surface area (Å²) < 4.78 is 0. The van der Waals surface area contributed by atoms with Gasteiger partial charge in [0.15, 0.2) is 0 Å². The van der Waals surface area contributed by atoms with Gasteiger partial charge in [0.05, 0.1) is 18.8 Å². The van der Waals surface area contributed by atoms with Crippen LogP contribution in [0.2, 0.25) is 0 Å². The SMILES string of the molecule is CCCCCC/C=C\CCCCCCCCC(O)C(=O)NC(CO)C(O)C(O)CCC/C=C/CC/C=C/CCCCCCCCCCCCCCCCCCCCCCCC. The summed E-state index contributed by atoms with van der Waals surface area (Å²) in [6, 6.07) is -1.01. The second-order valence-electron chi connectivity index (χ2n) is 18.6. The van der Waals surface area contributed by atoms with Crippen molar-refractivity contribution in [1.82, 2.24) is 5.32 Å². The van der Waals surface area contributed by atoms with Crippen molar-refractivity contribution in [2.45, 2.75) is 301 Å². The monoisotopic (exact) mass is 860 g/mol. The van der Waals surface area contributed by atoms with Crippen LogP contribution in [0.15, 0.2) is 36.5 Å². The molecule has 0 aromatic rings. The van der Waals surface area contributed by atoms with Crippen molar-refractivity contribution in [3.05, 3.63) is 36.5 Å². The molecular weight excluding hydrogens is 755 g/mol. The summed E-state index contributed by atoms with van der Waals surface area (Å²) in [5.74, 6) is -0.602. The summed E-state index contributed by atoms with van der Waals surface area (Å²) in [5.41, 5.74) is 0. The average Bonchev–Trinajstić information content (AvgIpc) is 3.26. The molecule has 0 rings (SSSR count). The average molecular weight is 860 g/mol. The Labute approximate surface area is 379 Å². The quantitative estimate of drug-likeness (QED) is 0.0309. The molecule has 0 aromatic carbocycles. The van der Waals surface area contributed by atoms with Crippen molar-refractivity contribution in [3.63, 3.8) is 0 Å². The van der Waals surface area contributed by atoms with Gasteiger partial charge in [0.25, 0.3) is 0 Å². The van der Waals surface area contributed by atoms with Gasteiger partial charge in [0.1, 0.15) is 12.2 Å². The number of amides is 1. The van der Waals surface area contributed by atoms with Crippen LogP contribution in [0.4, 0.5) is 0 Å². The largest absolute Gasteiger partial charge is 0.394 e. The zero-order valence-corrected chi connectivity index (χ0v) is 40.7. The van der Waals surface area contributed by atoms with Crippen molar-refractivity contribution in [2.24, 2.45) is 0 Å². The summed E-state index contributed by atoms with van der Waals surface area (Å²) in [6.07, 6.45) is 60.8. The molecule has 0 bridgehead atoms. The topological polar surface area (TPSA) is 110 Å². The Hall–Kier alpha value is -1.47. The first kappa shape index (κ1) is 59.5. The van der Waals surface area contributed by atoms with E-state index in [-0.39, 0.29) is 0 Å². The second kappa shape index (κ2) is 49.5. The van der Waals surface area contributed by atoms with Crippen molar-refractivity contribution in [3.8, 4) is 0 Å². The lowest BCUT2D eigenvalue weighted by Gasteiger charge is -2.27. The maximum Gasteiger partial charge on any atom is 0.249 e. The minimum atomic E-state index is -1.29. The molecule has 0 fully saturated rings. The third-order valence-electron chi connectivity index (χ3n) is 12.6. The number of hydrogen-bond acceptors (Lipinski definition) is 5. The summed E-state index contributed by atoms with van der Waals surface area (Å²) in [6.45, 7) is 4.04. The van der Waals surface area contributed by atoms with Gasteiger partial charge in [0.2, 0.25) is 5.91 Å². The molecule has 61 heavy (non-hydrogen) atoms. The Morgan fingerprint density at radius 1 is 0.393 bits per heavy atom. The number of aliphatic hydroxyl groups excluding tert-OH is 4. The van der Waals surface area contributed by atoms with Gasteiger partial charge in [-0.05, 0) is 77.0 Å². The molecule has 360 valence electrons. The lowest BCUT2D eigenvalue weighted by atomic mass is 10.00. The van der Waals surface area contributed by atoms with Crippen LogP contribution in [0.25, 0.3) is 0 Å². The van der Waals surface area contributed by atoms with Gasteiger partial charge in [-0.15, -0.1) is 0 Å². The highest BCUT2D eigenvalue weighted by atomic mass is 16.3. The zero-order valence-electron chi connectivity index (χ0n) is 40.7. The Morgan fingerprint density at radius 3 is 1.05 bits per heavy atom. The van der Waals surface area contributed by atoms with Crippen molar-refractivity contribution in [1.29, 1.82) is 0 Å². The molecule has 0 aliphatic heterocycles. The van der Waals surface area contributed by atoms with E-state index in [1.165, 1.54) is 193 Å².